The fourth-order valence-electron chi connectivity index (χ4n) is 1.49. The van der Waals surface area contributed by atoms with Crippen molar-refractivity contribution in [3.8, 4) is 0 Å². The number of rotatable bonds is 3. The molecular formula is C11H8Br2N2O5. The second kappa shape index (κ2) is 5.80. The maximum atomic E-state index is 12.0. The normalized spacial score (nSPS) is 16.8. The van der Waals surface area contributed by atoms with E-state index in [1.165, 1.54) is 13.2 Å². The maximum absolute atomic E-state index is 12.0. The largest absolute Gasteiger partial charge is 0.468 e. The van der Waals surface area contributed by atoms with Gasteiger partial charge in [0.05, 0.1) is 11.6 Å². The van der Waals surface area contributed by atoms with Crippen molar-refractivity contribution in [2.45, 2.75) is 0 Å². The molecule has 0 radical (unpaired) electrons. The van der Waals surface area contributed by atoms with E-state index >= 15 is 0 Å². The molecule has 3 amide bonds. The zero-order valence-electron chi connectivity index (χ0n) is 10.1. The third-order valence-electron chi connectivity index (χ3n) is 2.43. The van der Waals surface area contributed by atoms with Gasteiger partial charge in [0.15, 0.2) is 4.67 Å². The fraction of sp³-hybridized carbons (Fsp3) is 0.182. The van der Waals surface area contributed by atoms with Crippen LogP contribution in [-0.4, -0.2) is 36.5 Å². The third-order valence-corrected chi connectivity index (χ3v) is 4.14. The Morgan fingerprint density at radius 2 is 2.20 bits per heavy atom. The van der Waals surface area contributed by atoms with Crippen molar-refractivity contribution in [3.05, 3.63) is 26.7 Å². The van der Waals surface area contributed by atoms with E-state index in [2.05, 4.69) is 41.9 Å². The van der Waals surface area contributed by atoms with Gasteiger partial charge in [-0.2, -0.15) is 0 Å². The van der Waals surface area contributed by atoms with Crippen LogP contribution in [0.15, 0.2) is 25.3 Å². The van der Waals surface area contributed by atoms with E-state index in [-0.39, 0.29) is 5.70 Å². The minimum atomic E-state index is -0.684. The number of hydrogen-bond acceptors (Lipinski definition) is 5. The van der Waals surface area contributed by atoms with Gasteiger partial charge in [-0.1, -0.05) is 0 Å². The van der Waals surface area contributed by atoms with Gasteiger partial charge in [-0.05, 0) is 37.9 Å². The van der Waals surface area contributed by atoms with Crippen LogP contribution in [0.1, 0.15) is 5.76 Å². The predicted molar refractivity (Wildman–Crippen MR) is 74.3 cm³/mol. The van der Waals surface area contributed by atoms with Gasteiger partial charge in [-0.15, -0.1) is 0 Å². The summed E-state index contributed by atoms with van der Waals surface area (Å²) in [5.41, 5.74) is 0.0210. The molecule has 2 rings (SSSR count). The van der Waals surface area contributed by atoms with Gasteiger partial charge in [0.25, 0.3) is 5.91 Å². The Kier molecular flexibility index (Phi) is 4.29. The SMILES string of the molecule is COC(=O)CN1C(=O)N/C(=C/c2cc(Br)c(Br)o2)C1=O. The van der Waals surface area contributed by atoms with Crippen LogP contribution in [0.25, 0.3) is 6.08 Å². The van der Waals surface area contributed by atoms with Crippen molar-refractivity contribution >= 4 is 55.8 Å². The average Bonchev–Trinajstić information content (AvgIpc) is 2.84. The minimum absolute atomic E-state index is 0.0210. The molecule has 0 spiro atoms. The lowest BCUT2D eigenvalue weighted by atomic mass is 10.3. The molecule has 1 fully saturated rings. The van der Waals surface area contributed by atoms with Crippen molar-refractivity contribution in [1.29, 1.82) is 0 Å². The van der Waals surface area contributed by atoms with Crippen molar-refractivity contribution in [2.24, 2.45) is 0 Å². The molecule has 0 atom stereocenters. The molecule has 1 aromatic rings. The third kappa shape index (κ3) is 2.93. The number of methoxy groups -OCH3 is 1. The lowest BCUT2D eigenvalue weighted by molar-refractivity contribution is -0.143. The van der Waals surface area contributed by atoms with Crippen LogP contribution in [0.3, 0.4) is 0 Å². The summed E-state index contributed by atoms with van der Waals surface area (Å²) in [4.78, 5) is 35.5. The summed E-state index contributed by atoms with van der Waals surface area (Å²) < 4.78 is 10.8. The predicted octanol–water partition coefficient (Wildman–Crippen LogP) is 1.87. The van der Waals surface area contributed by atoms with Gasteiger partial charge in [0.2, 0.25) is 0 Å². The number of carbonyl (C=O) groups excluding carboxylic acids is 3. The first-order chi connectivity index (χ1) is 9.42. The van der Waals surface area contributed by atoms with Crippen LogP contribution in [-0.2, 0) is 14.3 Å². The molecule has 1 aromatic heterocycles. The number of esters is 1. The molecule has 0 bridgehead atoms. The first-order valence-corrected chi connectivity index (χ1v) is 6.87. The van der Waals surface area contributed by atoms with E-state index in [1.54, 1.807) is 6.07 Å². The van der Waals surface area contributed by atoms with Gasteiger partial charge < -0.3 is 14.5 Å². The van der Waals surface area contributed by atoms with Gasteiger partial charge in [-0.3, -0.25) is 9.59 Å². The molecule has 9 heteroatoms. The van der Waals surface area contributed by atoms with E-state index in [9.17, 15) is 14.4 Å². The second-order valence-electron chi connectivity index (χ2n) is 3.73. The first kappa shape index (κ1) is 14.8. The Bertz CT molecular complexity index is 603. The van der Waals surface area contributed by atoms with E-state index in [1.807, 2.05) is 0 Å². The van der Waals surface area contributed by atoms with Crippen LogP contribution < -0.4 is 5.32 Å². The smallest absolute Gasteiger partial charge is 0.329 e. The Morgan fingerprint density at radius 1 is 1.50 bits per heavy atom. The summed E-state index contributed by atoms with van der Waals surface area (Å²) in [5, 5.41) is 2.36. The lowest BCUT2D eigenvalue weighted by Gasteiger charge is -2.08. The topological polar surface area (TPSA) is 88.8 Å². The molecule has 7 nitrogen and oxygen atoms in total. The lowest BCUT2D eigenvalue weighted by Crippen LogP contribution is -2.36. The van der Waals surface area contributed by atoms with Crippen LogP contribution in [0.5, 0.6) is 0 Å². The maximum Gasteiger partial charge on any atom is 0.329 e. The molecule has 1 N–H and O–H groups in total. The number of carbonyl (C=O) groups is 3. The van der Waals surface area contributed by atoms with Crippen molar-refractivity contribution in [1.82, 2.24) is 10.2 Å². The first-order valence-electron chi connectivity index (χ1n) is 5.28. The molecular weight excluding hydrogens is 400 g/mol. The molecule has 20 heavy (non-hydrogen) atoms. The van der Waals surface area contributed by atoms with E-state index in [0.717, 1.165) is 4.90 Å². The van der Waals surface area contributed by atoms with Crippen molar-refractivity contribution in [3.63, 3.8) is 0 Å². The fourth-order valence-corrected chi connectivity index (χ4v) is 2.09. The average molecular weight is 408 g/mol. The molecule has 2 heterocycles. The number of nitrogens with one attached hydrogen (secondary N) is 1. The van der Waals surface area contributed by atoms with E-state index < -0.39 is 24.5 Å². The zero-order chi connectivity index (χ0) is 14.9. The Hall–Kier alpha value is -1.61. The molecule has 0 saturated carbocycles. The number of nitrogens with zero attached hydrogens (tertiary/aromatic N) is 1. The summed E-state index contributed by atoms with van der Waals surface area (Å²) in [6.07, 6.45) is 1.37. The second-order valence-corrected chi connectivity index (χ2v) is 5.30. The van der Waals surface area contributed by atoms with Crippen LogP contribution in [0.4, 0.5) is 4.79 Å². The van der Waals surface area contributed by atoms with Crippen LogP contribution in [0.2, 0.25) is 0 Å². The molecule has 1 aliphatic rings. The minimum Gasteiger partial charge on any atom is -0.468 e. The number of amides is 3. The van der Waals surface area contributed by atoms with Gasteiger partial charge in [0, 0.05) is 6.08 Å². The molecule has 0 aliphatic carbocycles. The van der Waals surface area contributed by atoms with Crippen molar-refractivity contribution < 1.29 is 23.5 Å². The summed E-state index contributed by atoms with van der Waals surface area (Å²) >= 11 is 6.39. The zero-order valence-corrected chi connectivity index (χ0v) is 13.3. The molecule has 106 valence electrons. The Balaban J connectivity index is 2.21. The summed E-state index contributed by atoms with van der Waals surface area (Å²) in [6, 6.07) is 0.941. The molecule has 1 aliphatic heterocycles. The van der Waals surface area contributed by atoms with Crippen molar-refractivity contribution in [2.75, 3.05) is 13.7 Å². The molecule has 1 saturated heterocycles. The Labute approximate surface area is 130 Å². The van der Waals surface area contributed by atoms with E-state index in [4.69, 9.17) is 4.42 Å². The number of hydrogen-bond donors (Lipinski definition) is 1. The quantitative estimate of drug-likeness (QED) is 0.469. The highest BCUT2D eigenvalue weighted by atomic mass is 79.9. The number of urea groups is 1. The highest BCUT2D eigenvalue weighted by Gasteiger charge is 2.35. The molecule has 0 unspecified atom stereocenters. The monoisotopic (exact) mass is 406 g/mol. The van der Waals surface area contributed by atoms with Crippen LogP contribution >= 0.6 is 31.9 Å². The summed E-state index contributed by atoms with van der Waals surface area (Å²) in [7, 11) is 1.18. The molecule has 0 aromatic carbocycles. The number of ether oxygens (including phenoxy) is 1. The standard InChI is InChI=1S/C11H8Br2N2O5/c1-19-8(16)4-15-10(17)7(14-11(15)18)3-5-2-6(12)9(13)20-5/h2-3H,4H2,1H3,(H,14,18)/b7-3+. The number of halogens is 2. The number of furan rings is 1. The van der Waals surface area contributed by atoms with E-state index in [0.29, 0.717) is 14.9 Å². The van der Waals surface area contributed by atoms with Gasteiger partial charge in [0.1, 0.15) is 18.0 Å². The summed E-state index contributed by atoms with van der Waals surface area (Å²) in [6.45, 7) is -0.440. The summed E-state index contributed by atoms with van der Waals surface area (Å²) in [5.74, 6) is -0.936. The Morgan fingerprint density at radius 3 is 2.75 bits per heavy atom. The van der Waals surface area contributed by atoms with Gasteiger partial charge in [-0.25, -0.2) is 9.69 Å². The van der Waals surface area contributed by atoms with Gasteiger partial charge >= 0.3 is 12.0 Å². The highest BCUT2D eigenvalue weighted by Crippen LogP contribution is 2.28. The highest BCUT2D eigenvalue weighted by molar-refractivity contribution is 9.13. The van der Waals surface area contributed by atoms with Crippen LogP contribution in [0, 0.1) is 0 Å². The number of imide groups is 1.